The number of benzene rings is 2. The summed E-state index contributed by atoms with van der Waals surface area (Å²) in [6, 6.07) is 15.3. The summed E-state index contributed by atoms with van der Waals surface area (Å²) < 4.78 is 0. The van der Waals surface area contributed by atoms with Gasteiger partial charge in [0.15, 0.2) is 0 Å². The molecule has 126 valence electrons. The van der Waals surface area contributed by atoms with Gasteiger partial charge >= 0.3 is 0 Å². The van der Waals surface area contributed by atoms with Gasteiger partial charge in [0.1, 0.15) is 6.42 Å². The van der Waals surface area contributed by atoms with E-state index in [0.29, 0.717) is 24.5 Å². The first kappa shape index (κ1) is 18.0. The first-order chi connectivity index (χ1) is 11.5. The Morgan fingerprint density at radius 3 is 2.50 bits per heavy atom. The molecule has 0 unspecified atom stereocenters. The lowest BCUT2D eigenvalue weighted by Crippen LogP contribution is -2.32. The Morgan fingerprint density at radius 1 is 1.00 bits per heavy atom. The topological polar surface area (TPSA) is 58.2 Å². The van der Waals surface area contributed by atoms with Crippen LogP contribution in [0.25, 0.3) is 0 Å². The van der Waals surface area contributed by atoms with Crippen LogP contribution in [0, 0.1) is 6.92 Å². The number of hydrogen-bond donors (Lipinski definition) is 2. The molecule has 2 N–H and O–H groups in total. The molecule has 2 aromatic rings. The lowest BCUT2D eigenvalue weighted by molar-refractivity contribution is -0.129. The number of nitrogens with one attached hydrogen (secondary N) is 2. The molecule has 0 radical (unpaired) electrons. The first-order valence-electron chi connectivity index (χ1n) is 7.87. The van der Waals surface area contributed by atoms with E-state index in [-0.39, 0.29) is 18.2 Å². The number of amides is 2. The van der Waals surface area contributed by atoms with Crippen molar-refractivity contribution in [1.82, 2.24) is 10.6 Å². The van der Waals surface area contributed by atoms with Gasteiger partial charge < -0.3 is 10.6 Å². The maximum absolute atomic E-state index is 11.8. The van der Waals surface area contributed by atoms with Crippen molar-refractivity contribution in [1.29, 1.82) is 0 Å². The fraction of sp³-hybridized carbons (Fsp3) is 0.263. The Balaban J connectivity index is 1.68. The maximum Gasteiger partial charge on any atom is 0.229 e. The van der Waals surface area contributed by atoms with Crippen LogP contribution in [-0.4, -0.2) is 18.4 Å². The minimum atomic E-state index is -0.279. The predicted octanol–water partition coefficient (Wildman–Crippen LogP) is 3.01. The van der Waals surface area contributed by atoms with E-state index in [2.05, 4.69) is 10.6 Å². The van der Waals surface area contributed by atoms with Crippen LogP contribution in [0.2, 0.25) is 5.02 Å². The van der Waals surface area contributed by atoms with E-state index in [9.17, 15) is 9.59 Å². The largest absolute Gasteiger partial charge is 0.355 e. The zero-order chi connectivity index (χ0) is 17.4. The molecule has 0 spiro atoms. The molecule has 0 atom stereocenters. The molecule has 2 aromatic carbocycles. The Bertz CT molecular complexity index is 716. The zero-order valence-corrected chi connectivity index (χ0v) is 14.4. The quantitative estimate of drug-likeness (QED) is 0.758. The highest BCUT2D eigenvalue weighted by atomic mass is 35.5. The van der Waals surface area contributed by atoms with Gasteiger partial charge in [-0.3, -0.25) is 9.59 Å². The van der Waals surface area contributed by atoms with Crippen LogP contribution in [0.1, 0.15) is 23.1 Å². The molecule has 24 heavy (non-hydrogen) atoms. The van der Waals surface area contributed by atoms with Crippen molar-refractivity contribution in [2.45, 2.75) is 26.3 Å². The van der Waals surface area contributed by atoms with Gasteiger partial charge in [0.25, 0.3) is 0 Å². The molecular weight excluding hydrogens is 324 g/mol. The number of hydrogen-bond acceptors (Lipinski definition) is 2. The normalized spacial score (nSPS) is 10.2. The van der Waals surface area contributed by atoms with E-state index >= 15 is 0 Å². The molecule has 0 aromatic heterocycles. The molecule has 2 rings (SSSR count). The van der Waals surface area contributed by atoms with Gasteiger partial charge in [-0.15, -0.1) is 0 Å². The van der Waals surface area contributed by atoms with Gasteiger partial charge in [0, 0.05) is 18.1 Å². The second-order valence-corrected chi connectivity index (χ2v) is 6.05. The molecule has 0 heterocycles. The third kappa shape index (κ3) is 6.05. The van der Waals surface area contributed by atoms with Crippen LogP contribution in [0.4, 0.5) is 0 Å². The van der Waals surface area contributed by atoms with Crippen molar-refractivity contribution >= 4 is 23.4 Å². The molecule has 0 aliphatic heterocycles. The summed E-state index contributed by atoms with van der Waals surface area (Å²) in [5.74, 6) is -0.558. The van der Waals surface area contributed by atoms with Crippen LogP contribution in [0.15, 0.2) is 48.5 Å². The highest BCUT2D eigenvalue weighted by molar-refractivity contribution is 6.30. The summed E-state index contributed by atoms with van der Waals surface area (Å²) in [6.07, 6.45) is 0.512. The van der Waals surface area contributed by atoms with Crippen LogP contribution >= 0.6 is 11.6 Å². The molecule has 5 heteroatoms. The summed E-state index contributed by atoms with van der Waals surface area (Å²) in [5, 5.41) is 6.19. The Hall–Kier alpha value is -2.33. The van der Waals surface area contributed by atoms with Gasteiger partial charge in [0.2, 0.25) is 11.8 Å². The highest BCUT2D eigenvalue weighted by Crippen LogP contribution is 2.10. The van der Waals surface area contributed by atoms with Crippen molar-refractivity contribution in [3.05, 3.63) is 70.2 Å². The number of aryl methyl sites for hydroxylation is 1. The number of halogens is 1. The number of carbonyl (C=O) groups is 2. The van der Waals surface area contributed by atoms with Crippen molar-refractivity contribution in [2.24, 2.45) is 0 Å². The van der Waals surface area contributed by atoms with Gasteiger partial charge in [-0.1, -0.05) is 48.0 Å². The standard InChI is InChI=1S/C19H21ClN2O2/c1-14-5-2-3-7-16(14)13-22-19(24)12-18(23)21-10-9-15-6-4-8-17(20)11-15/h2-8,11H,9-10,12-13H2,1H3,(H,21,23)(H,22,24). The molecule has 0 aliphatic rings. The molecule has 0 aliphatic carbocycles. The van der Waals surface area contributed by atoms with E-state index in [0.717, 1.165) is 16.7 Å². The average molecular weight is 345 g/mol. The SMILES string of the molecule is Cc1ccccc1CNC(=O)CC(=O)NCCc1cccc(Cl)c1. The van der Waals surface area contributed by atoms with Crippen molar-refractivity contribution < 1.29 is 9.59 Å². The zero-order valence-electron chi connectivity index (χ0n) is 13.6. The summed E-state index contributed by atoms with van der Waals surface area (Å²) in [4.78, 5) is 23.6. The maximum atomic E-state index is 11.8. The third-order valence-corrected chi connectivity index (χ3v) is 3.92. The van der Waals surface area contributed by atoms with Gasteiger partial charge in [-0.2, -0.15) is 0 Å². The first-order valence-corrected chi connectivity index (χ1v) is 8.25. The summed E-state index contributed by atoms with van der Waals surface area (Å²) in [5.41, 5.74) is 3.21. The second-order valence-electron chi connectivity index (χ2n) is 5.61. The van der Waals surface area contributed by atoms with Crippen molar-refractivity contribution in [3.8, 4) is 0 Å². The molecule has 0 bridgehead atoms. The fourth-order valence-corrected chi connectivity index (χ4v) is 2.52. The Kier molecular flexibility index (Phi) is 6.82. The molecule has 0 fully saturated rings. The Labute approximate surface area is 147 Å². The minimum absolute atomic E-state index is 0.165. The molecule has 2 amide bonds. The smallest absolute Gasteiger partial charge is 0.229 e. The Morgan fingerprint density at radius 2 is 1.75 bits per heavy atom. The molecule has 4 nitrogen and oxygen atoms in total. The van der Waals surface area contributed by atoms with Crippen LogP contribution < -0.4 is 10.6 Å². The molecule has 0 saturated carbocycles. The van der Waals surface area contributed by atoms with Crippen LogP contribution in [0.3, 0.4) is 0 Å². The lowest BCUT2D eigenvalue weighted by atomic mass is 10.1. The third-order valence-electron chi connectivity index (χ3n) is 3.68. The van der Waals surface area contributed by atoms with Gasteiger partial charge in [0.05, 0.1) is 0 Å². The van der Waals surface area contributed by atoms with E-state index in [1.165, 1.54) is 0 Å². The van der Waals surface area contributed by atoms with E-state index in [1.54, 1.807) is 0 Å². The van der Waals surface area contributed by atoms with Crippen molar-refractivity contribution in [3.63, 3.8) is 0 Å². The van der Waals surface area contributed by atoms with Crippen molar-refractivity contribution in [2.75, 3.05) is 6.54 Å². The lowest BCUT2D eigenvalue weighted by Gasteiger charge is -2.08. The van der Waals surface area contributed by atoms with E-state index in [1.807, 2.05) is 55.5 Å². The van der Waals surface area contributed by atoms with Crippen LogP contribution in [-0.2, 0) is 22.6 Å². The van der Waals surface area contributed by atoms with Crippen LogP contribution in [0.5, 0.6) is 0 Å². The highest BCUT2D eigenvalue weighted by Gasteiger charge is 2.09. The average Bonchev–Trinajstić information content (AvgIpc) is 2.54. The number of rotatable bonds is 7. The van der Waals surface area contributed by atoms with E-state index < -0.39 is 0 Å². The van der Waals surface area contributed by atoms with Gasteiger partial charge in [-0.05, 0) is 42.2 Å². The minimum Gasteiger partial charge on any atom is -0.355 e. The molecular formula is C19H21ClN2O2. The molecule has 0 saturated heterocycles. The van der Waals surface area contributed by atoms with Gasteiger partial charge in [-0.25, -0.2) is 0 Å². The summed E-state index contributed by atoms with van der Waals surface area (Å²) in [6.45, 7) is 2.90. The monoisotopic (exact) mass is 344 g/mol. The van der Waals surface area contributed by atoms with E-state index in [4.69, 9.17) is 11.6 Å². The fourth-order valence-electron chi connectivity index (χ4n) is 2.31. The summed E-state index contributed by atoms with van der Waals surface area (Å²) in [7, 11) is 0. The summed E-state index contributed by atoms with van der Waals surface area (Å²) >= 11 is 5.91. The number of carbonyl (C=O) groups excluding carboxylic acids is 2. The second kappa shape index (κ2) is 9.08. The predicted molar refractivity (Wildman–Crippen MR) is 95.8 cm³/mol.